The third kappa shape index (κ3) is 4.01. The fourth-order valence-corrected chi connectivity index (χ4v) is 2.86. The van der Waals surface area contributed by atoms with Crippen molar-refractivity contribution in [1.82, 2.24) is 5.16 Å². The van der Waals surface area contributed by atoms with Gasteiger partial charge >= 0.3 is 0 Å². The van der Waals surface area contributed by atoms with Crippen molar-refractivity contribution in [3.8, 4) is 5.75 Å². The summed E-state index contributed by atoms with van der Waals surface area (Å²) in [7, 11) is 0. The van der Waals surface area contributed by atoms with Crippen LogP contribution in [0, 0.1) is 20.8 Å². The van der Waals surface area contributed by atoms with Crippen molar-refractivity contribution < 1.29 is 14.4 Å². The number of nitrogens with one attached hydrogen (secondary N) is 1. The lowest BCUT2D eigenvalue weighted by Gasteiger charge is -2.07. The van der Waals surface area contributed by atoms with Gasteiger partial charge in [0.05, 0.1) is 17.1 Å². The lowest BCUT2D eigenvalue weighted by atomic mass is 10.2. The number of hydrogen-bond acceptors (Lipinski definition) is 5. The van der Waals surface area contributed by atoms with Crippen LogP contribution in [0.4, 0.5) is 5.69 Å². The van der Waals surface area contributed by atoms with Crippen LogP contribution in [0.2, 0.25) is 0 Å². The quantitative estimate of drug-likeness (QED) is 0.830. The molecule has 0 aliphatic rings. The van der Waals surface area contributed by atoms with Crippen LogP contribution in [0.25, 0.3) is 0 Å². The second kappa shape index (κ2) is 6.67. The van der Waals surface area contributed by atoms with Crippen molar-refractivity contribution in [2.24, 2.45) is 0 Å². The van der Waals surface area contributed by atoms with E-state index in [-0.39, 0.29) is 11.7 Å². The summed E-state index contributed by atoms with van der Waals surface area (Å²) in [5.41, 5.74) is 3.27. The number of phenols is 1. The molecule has 0 atom stereocenters. The van der Waals surface area contributed by atoms with E-state index < -0.39 is 0 Å². The number of phenolic OH excluding ortho intramolecular Hbond substituents is 1. The van der Waals surface area contributed by atoms with E-state index >= 15 is 0 Å². The summed E-state index contributed by atoms with van der Waals surface area (Å²) in [5.74, 6) is 1.70. The molecule has 1 aromatic heterocycles. The minimum absolute atomic E-state index is 0.0825. The van der Waals surface area contributed by atoms with Crippen molar-refractivity contribution in [3.63, 3.8) is 0 Å². The van der Waals surface area contributed by atoms with Gasteiger partial charge in [-0.15, -0.1) is 11.8 Å². The minimum atomic E-state index is -0.147. The third-order valence-corrected chi connectivity index (χ3v) is 4.05. The molecule has 0 bridgehead atoms. The van der Waals surface area contributed by atoms with Crippen LogP contribution in [0.3, 0.4) is 0 Å². The zero-order chi connectivity index (χ0) is 15.4. The molecule has 112 valence electrons. The summed E-state index contributed by atoms with van der Waals surface area (Å²) < 4.78 is 5.08. The highest BCUT2D eigenvalue weighted by Gasteiger charge is 2.11. The number of carbonyl (C=O) groups excluding carboxylic acids is 1. The third-order valence-electron chi connectivity index (χ3n) is 3.09. The number of hydrogen-bond donors (Lipinski definition) is 2. The molecule has 1 heterocycles. The number of aryl methyl sites for hydroxylation is 3. The molecule has 2 N–H and O–H groups in total. The van der Waals surface area contributed by atoms with Crippen molar-refractivity contribution in [2.45, 2.75) is 26.5 Å². The summed E-state index contributed by atoms with van der Waals surface area (Å²) in [5, 5.41) is 16.3. The molecule has 6 heteroatoms. The molecule has 0 fully saturated rings. The fraction of sp³-hybridized carbons (Fsp3) is 0.333. The molecule has 2 aromatic rings. The van der Waals surface area contributed by atoms with Crippen LogP contribution in [-0.2, 0) is 10.5 Å². The molecular formula is C15H18N2O3S. The Hall–Kier alpha value is -1.95. The van der Waals surface area contributed by atoms with Crippen LogP contribution in [-0.4, -0.2) is 21.9 Å². The number of carbonyl (C=O) groups is 1. The molecule has 0 saturated heterocycles. The Labute approximate surface area is 127 Å². The predicted molar refractivity (Wildman–Crippen MR) is 83.6 cm³/mol. The number of anilines is 1. The minimum Gasteiger partial charge on any atom is -0.506 e. The summed E-state index contributed by atoms with van der Waals surface area (Å²) in [6.07, 6.45) is 0. The highest BCUT2D eigenvalue weighted by molar-refractivity contribution is 7.99. The van der Waals surface area contributed by atoms with Crippen LogP contribution in [0.5, 0.6) is 5.75 Å². The Morgan fingerprint density at radius 1 is 1.38 bits per heavy atom. The zero-order valence-corrected chi connectivity index (χ0v) is 13.1. The fourth-order valence-electron chi connectivity index (χ4n) is 1.89. The first-order chi connectivity index (χ1) is 9.97. The van der Waals surface area contributed by atoms with Gasteiger partial charge in [0, 0.05) is 11.3 Å². The maximum Gasteiger partial charge on any atom is 0.234 e. The summed E-state index contributed by atoms with van der Waals surface area (Å²) >= 11 is 1.48. The van der Waals surface area contributed by atoms with E-state index in [0.29, 0.717) is 17.2 Å². The first-order valence-electron chi connectivity index (χ1n) is 6.56. The number of nitrogens with zero attached hydrogens (tertiary/aromatic N) is 1. The van der Waals surface area contributed by atoms with E-state index in [9.17, 15) is 9.90 Å². The highest BCUT2D eigenvalue weighted by Crippen LogP contribution is 2.24. The molecule has 5 nitrogen and oxygen atoms in total. The van der Waals surface area contributed by atoms with E-state index in [1.165, 1.54) is 11.8 Å². The molecule has 1 amide bonds. The SMILES string of the molecule is Cc1ccc(NC(=O)CSCc2c(C)noc2C)c(O)c1. The standard InChI is InChI=1S/C15H18N2O3S/c1-9-4-5-13(14(18)6-9)16-15(19)8-21-7-12-10(2)17-20-11(12)3/h4-6,18H,7-8H2,1-3H3,(H,16,19). The average molecular weight is 306 g/mol. The second-order valence-electron chi connectivity index (χ2n) is 4.86. The Balaban J connectivity index is 1.85. The molecule has 2 rings (SSSR count). The lowest BCUT2D eigenvalue weighted by Crippen LogP contribution is -2.14. The number of amides is 1. The molecule has 0 aliphatic carbocycles. The van der Waals surface area contributed by atoms with Gasteiger partial charge in [-0.3, -0.25) is 4.79 Å². The normalized spacial score (nSPS) is 10.6. The lowest BCUT2D eigenvalue weighted by molar-refractivity contribution is -0.113. The van der Waals surface area contributed by atoms with Gasteiger partial charge < -0.3 is 14.9 Å². The number of aromatic nitrogens is 1. The van der Waals surface area contributed by atoms with Gasteiger partial charge in [-0.05, 0) is 38.5 Å². The van der Waals surface area contributed by atoms with Crippen LogP contribution >= 0.6 is 11.8 Å². The van der Waals surface area contributed by atoms with Crippen LogP contribution in [0.15, 0.2) is 22.7 Å². The summed E-state index contributed by atoms with van der Waals surface area (Å²) in [6.45, 7) is 5.63. The van der Waals surface area contributed by atoms with Gasteiger partial charge in [0.1, 0.15) is 11.5 Å². The van der Waals surface area contributed by atoms with E-state index in [1.807, 2.05) is 26.8 Å². The number of benzene rings is 1. The molecule has 0 saturated carbocycles. The molecular weight excluding hydrogens is 288 g/mol. The van der Waals surface area contributed by atoms with Crippen molar-refractivity contribution in [3.05, 3.63) is 40.8 Å². The van der Waals surface area contributed by atoms with E-state index in [1.54, 1.807) is 12.1 Å². The zero-order valence-electron chi connectivity index (χ0n) is 12.3. The van der Waals surface area contributed by atoms with Crippen LogP contribution in [0.1, 0.15) is 22.6 Å². The Morgan fingerprint density at radius 2 is 2.14 bits per heavy atom. The van der Waals surface area contributed by atoms with E-state index in [0.717, 1.165) is 22.6 Å². The van der Waals surface area contributed by atoms with E-state index in [4.69, 9.17) is 4.52 Å². The molecule has 1 aromatic carbocycles. The summed E-state index contributed by atoms with van der Waals surface area (Å²) in [4.78, 5) is 11.9. The number of aromatic hydroxyl groups is 1. The van der Waals surface area contributed by atoms with Crippen molar-refractivity contribution in [1.29, 1.82) is 0 Å². The van der Waals surface area contributed by atoms with Crippen LogP contribution < -0.4 is 5.32 Å². The van der Waals surface area contributed by atoms with Crippen molar-refractivity contribution in [2.75, 3.05) is 11.1 Å². The van der Waals surface area contributed by atoms with E-state index in [2.05, 4.69) is 10.5 Å². The maximum absolute atomic E-state index is 11.9. The molecule has 0 spiro atoms. The smallest absolute Gasteiger partial charge is 0.234 e. The maximum atomic E-state index is 11.9. The monoisotopic (exact) mass is 306 g/mol. The van der Waals surface area contributed by atoms with Gasteiger partial charge in [-0.2, -0.15) is 0 Å². The molecule has 0 unspecified atom stereocenters. The van der Waals surface area contributed by atoms with Gasteiger partial charge in [-0.25, -0.2) is 0 Å². The largest absolute Gasteiger partial charge is 0.506 e. The van der Waals surface area contributed by atoms with Crippen molar-refractivity contribution >= 4 is 23.4 Å². The van der Waals surface area contributed by atoms with Gasteiger partial charge in [0.25, 0.3) is 0 Å². The second-order valence-corrected chi connectivity index (χ2v) is 5.85. The highest BCUT2D eigenvalue weighted by atomic mass is 32.2. The van der Waals surface area contributed by atoms with Gasteiger partial charge in [-0.1, -0.05) is 11.2 Å². The average Bonchev–Trinajstić information content (AvgIpc) is 2.74. The van der Waals surface area contributed by atoms with Gasteiger partial charge in [0.15, 0.2) is 0 Å². The number of thioether (sulfide) groups is 1. The molecule has 0 aliphatic heterocycles. The number of rotatable bonds is 5. The predicted octanol–water partition coefficient (Wildman–Crippen LogP) is 3.18. The molecule has 0 radical (unpaired) electrons. The Morgan fingerprint density at radius 3 is 2.76 bits per heavy atom. The van der Waals surface area contributed by atoms with Gasteiger partial charge in [0.2, 0.25) is 5.91 Å². The molecule has 21 heavy (non-hydrogen) atoms. The topological polar surface area (TPSA) is 75.4 Å². The first-order valence-corrected chi connectivity index (χ1v) is 7.72. The summed E-state index contributed by atoms with van der Waals surface area (Å²) in [6, 6.07) is 5.15. The Bertz CT molecular complexity index is 633. The first kappa shape index (κ1) is 15.4. The Kier molecular flexibility index (Phi) is 4.90.